The van der Waals surface area contributed by atoms with Crippen molar-refractivity contribution in [2.45, 2.75) is 38.0 Å². The van der Waals surface area contributed by atoms with E-state index in [4.69, 9.17) is 14.7 Å². The van der Waals surface area contributed by atoms with Gasteiger partial charge in [0.25, 0.3) is 0 Å². The molecular formula is C33H43N7O3. The number of carbonyl (C=O) groups is 1. The van der Waals surface area contributed by atoms with Crippen molar-refractivity contribution in [2.75, 3.05) is 76.8 Å². The van der Waals surface area contributed by atoms with Gasteiger partial charge < -0.3 is 24.5 Å². The number of fused-ring (bicyclic) bond motifs is 2. The highest BCUT2D eigenvalue weighted by atomic mass is 16.5. The zero-order chi connectivity index (χ0) is 29.9. The first-order chi connectivity index (χ1) is 20.9. The molecule has 3 aliphatic rings. The van der Waals surface area contributed by atoms with Gasteiger partial charge >= 0.3 is 6.01 Å². The maximum atomic E-state index is 11.0. The van der Waals surface area contributed by atoms with Gasteiger partial charge in [-0.15, -0.1) is 0 Å². The molecule has 0 saturated carbocycles. The molecule has 0 aliphatic carbocycles. The Morgan fingerprint density at radius 2 is 1.88 bits per heavy atom. The number of aldehydes is 1. The Morgan fingerprint density at radius 3 is 2.63 bits per heavy atom. The van der Waals surface area contributed by atoms with E-state index in [0.29, 0.717) is 25.2 Å². The summed E-state index contributed by atoms with van der Waals surface area (Å²) in [7, 11) is 6.24. The number of ether oxygens (including phenoxy) is 1. The van der Waals surface area contributed by atoms with Crippen LogP contribution < -0.4 is 14.5 Å². The predicted molar refractivity (Wildman–Crippen MR) is 170 cm³/mol. The van der Waals surface area contributed by atoms with Gasteiger partial charge in [0.2, 0.25) is 0 Å². The number of hydrogen-bond donors (Lipinski definition) is 1. The maximum absolute atomic E-state index is 11.0. The van der Waals surface area contributed by atoms with Crippen molar-refractivity contribution >= 4 is 28.6 Å². The third kappa shape index (κ3) is 6.32. The highest BCUT2D eigenvalue weighted by Crippen LogP contribution is 2.36. The van der Waals surface area contributed by atoms with Crippen LogP contribution >= 0.6 is 0 Å². The Hall–Kier alpha value is -3.73. The van der Waals surface area contributed by atoms with Gasteiger partial charge in [-0.3, -0.25) is 14.6 Å². The number of benzene rings is 2. The maximum Gasteiger partial charge on any atom is 0.318 e. The summed E-state index contributed by atoms with van der Waals surface area (Å²) in [4.78, 5) is 32.6. The van der Waals surface area contributed by atoms with E-state index < -0.39 is 0 Å². The Morgan fingerprint density at radius 1 is 1.07 bits per heavy atom. The standard InChI is InChI=1S/C33H43N7O3/c1-36(2)31(11-7-19-41)38-15-17-39(18-16-38)32-28-12-14-40(30-21-26(42)20-24-8-4-5-10-27(24)30)22-29(28)34-33(35-32)43-23-25-9-6-13-37(25)3/h4-5,7-8,10-11,19-21,25,31,42H,6,9,12-18,22-23H2,1-3H3/b11-7+/t25-,31+/m1/s1. The number of aromatic hydroxyl groups is 1. The number of hydrogen-bond acceptors (Lipinski definition) is 10. The lowest BCUT2D eigenvalue weighted by Gasteiger charge is -2.42. The van der Waals surface area contributed by atoms with E-state index in [1.165, 1.54) is 12.0 Å². The Balaban J connectivity index is 1.28. The number of aromatic nitrogens is 2. The largest absolute Gasteiger partial charge is 0.508 e. The van der Waals surface area contributed by atoms with Crippen LogP contribution in [0.15, 0.2) is 48.6 Å². The SMILES string of the molecule is CN(C)[C@H](/C=C/C=O)N1CCN(c2nc(OC[C@H]3CCCN3C)nc3c2CCN(c2cc(O)cc4ccccc24)C3)CC1. The summed E-state index contributed by atoms with van der Waals surface area (Å²) in [5, 5.41) is 12.7. The predicted octanol–water partition coefficient (Wildman–Crippen LogP) is 3.14. The molecule has 3 aliphatic heterocycles. The number of anilines is 2. The third-order valence-electron chi connectivity index (χ3n) is 9.14. The average Bonchev–Trinajstić information content (AvgIpc) is 3.43. The van der Waals surface area contributed by atoms with E-state index in [9.17, 15) is 9.90 Å². The number of likely N-dealkylation sites (tertiary alicyclic amines) is 1. The number of nitrogens with zero attached hydrogens (tertiary/aromatic N) is 7. The number of phenolic OH excluding ortho intramolecular Hbond substituents is 1. The van der Waals surface area contributed by atoms with Gasteiger partial charge in [-0.25, -0.2) is 0 Å². The van der Waals surface area contributed by atoms with Crippen LogP contribution in [0.5, 0.6) is 11.8 Å². The van der Waals surface area contributed by atoms with Gasteiger partial charge in [0.05, 0.1) is 18.4 Å². The molecule has 4 heterocycles. The van der Waals surface area contributed by atoms with Crippen molar-refractivity contribution in [1.82, 2.24) is 24.7 Å². The van der Waals surface area contributed by atoms with Crippen LogP contribution in [0.3, 0.4) is 0 Å². The van der Waals surface area contributed by atoms with Gasteiger partial charge in [-0.2, -0.15) is 9.97 Å². The quantitative estimate of drug-likeness (QED) is 0.299. The summed E-state index contributed by atoms with van der Waals surface area (Å²) in [5.74, 6) is 1.24. The molecule has 0 radical (unpaired) electrons. The van der Waals surface area contributed by atoms with E-state index >= 15 is 0 Å². The lowest BCUT2D eigenvalue weighted by Crippen LogP contribution is -2.54. The fraction of sp³-hybridized carbons (Fsp3) is 0.485. The number of phenols is 1. The molecule has 0 spiro atoms. The van der Waals surface area contributed by atoms with Crippen molar-refractivity contribution in [1.29, 1.82) is 0 Å². The zero-order valence-corrected chi connectivity index (χ0v) is 25.5. The van der Waals surface area contributed by atoms with E-state index in [1.54, 1.807) is 6.08 Å². The fourth-order valence-electron chi connectivity index (χ4n) is 6.78. The average molecular weight is 586 g/mol. The molecule has 0 bridgehead atoms. The second-order valence-corrected chi connectivity index (χ2v) is 12.1. The number of rotatable bonds is 9. The number of allylic oxidation sites excluding steroid dienone is 1. The molecule has 1 N–H and O–H groups in total. The molecule has 2 saturated heterocycles. The lowest BCUT2D eigenvalue weighted by molar-refractivity contribution is -0.104. The van der Waals surface area contributed by atoms with Crippen molar-refractivity contribution < 1.29 is 14.6 Å². The molecule has 2 fully saturated rings. The first kappa shape index (κ1) is 29.3. The summed E-state index contributed by atoms with van der Waals surface area (Å²) in [6.07, 6.45) is 7.58. The van der Waals surface area contributed by atoms with Crippen molar-refractivity contribution in [3.05, 3.63) is 59.8 Å². The highest BCUT2D eigenvalue weighted by Gasteiger charge is 2.30. The van der Waals surface area contributed by atoms with Crippen LogP contribution in [0.1, 0.15) is 24.1 Å². The van der Waals surface area contributed by atoms with Crippen LogP contribution in [0.25, 0.3) is 10.8 Å². The molecule has 1 aromatic heterocycles. The van der Waals surface area contributed by atoms with E-state index in [2.05, 4.69) is 37.6 Å². The number of carbonyl (C=O) groups excluding carboxylic acids is 1. The minimum atomic E-state index is 0.0691. The molecule has 2 atom stereocenters. The van der Waals surface area contributed by atoms with Gasteiger partial charge in [0.15, 0.2) is 0 Å². The molecule has 0 amide bonds. The molecule has 10 nitrogen and oxygen atoms in total. The van der Waals surface area contributed by atoms with Gasteiger partial charge in [0, 0.05) is 61.5 Å². The van der Waals surface area contributed by atoms with Crippen LogP contribution in [0.2, 0.25) is 0 Å². The monoisotopic (exact) mass is 585 g/mol. The van der Waals surface area contributed by atoms with Gasteiger partial charge in [0.1, 0.15) is 24.5 Å². The smallest absolute Gasteiger partial charge is 0.318 e. The van der Waals surface area contributed by atoms with E-state index in [-0.39, 0.29) is 11.9 Å². The molecule has 228 valence electrons. The first-order valence-corrected chi connectivity index (χ1v) is 15.4. The molecule has 3 aromatic rings. The highest BCUT2D eigenvalue weighted by molar-refractivity contribution is 5.95. The van der Waals surface area contributed by atoms with Gasteiger partial charge in [-0.05, 0) is 70.6 Å². The fourth-order valence-corrected chi connectivity index (χ4v) is 6.78. The van der Waals surface area contributed by atoms with Crippen LogP contribution in [-0.4, -0.2) is 115 Å². The molecule has 10 heteroatoms. The number of likely N-dealkylation sites (N-methyl/N-ethyl adjacent to an activating group) is 2. The summed E-state index contributed by atoms with van der Waals surface area (Å²) >= 11 is 0. The molecule has 2 aromatic carbocycles. The zero-order valence-electron chi connectivity index (χ0n) is 25.5. The molecule has 43 heavy (non-hydrogen) atoms. The lowest BCUT2D eigenvalue weighted by atomic mass is 10.0. The van der Waals surface area contributed by atoms with Crippen LogP contribution in [0.4, 0.5) is 11.5 Å². The minimum absolute atomic E-state index is 0.0691. The second kappa shape index (κ2) is 12.9. The Bertz CT molecular complexity index is 1470. The van der Waals surface area contributed by atoms with Crippen LogP contribution in [-0.2, 0) is 17.8 Å². The first-order valence-electron chi connectivity index (χ1n) is 15.4. The van der Waals surface area contributed by atoms with Crippen molar-refractivity contribution in [3.63, 3.8) is 0 Å². The second-order valence-electron chi connectivity index (χ2n) is 12.1. The molecule has 0 unspecified atom stereocenters. The summed E-state index contributed by atoms with van der Waals surface area (Å²) < 4.78 is 6.31. The third-order valence-corrected chi connectivity index (χ3v) is 9.14. The van der Waals surface area contributed by atoms with Crippen molar-refractivity contribution in [3.8, 4) is 11.8 Å². The van der Waals surface area contributed by atoms with E-state index in [1.807, 2.05) is 50.5 Å². The Kier molecular flexibility index (Phi) is 8.78. The molecule has 6 rings (SSSR count). The summed E-state index contributed by atoms with van der Waals surface area (Å²) in [5.41, 5.74) is 3.19. The topological polar surface area (TPSA) is 88.5 Å². The van der Waals surface area contributed by atoms with Crippen molar-refractivity contribution in [2.24, 2.45) is 0 Å². The summed E-state index contributed by atoms with van der Waals surface area (Å²) in [6.45, 7) is 6.47. The normalized spacial score (nSPS) is 20.7. The van der Waals surface area contributed by atoms with Crippen LogP contribution in [0, 0.1) is 0 Å². The summed E-state index contributed by atoms with van der Waals surface area (Å²) in [6, 6.07) is 12.7. The van der Waals surface area contributed by atoms with Gasteiger partial charge in [-0.1, -0.05) is 24.3 Å². The Labute approximate surface area is 254 Å². The minimum Gasteiger partial charge on any atom is -0.508 e. The van der Waals surface area contributed by atoms with E-state index in [0.717, 1.165) is 86.4 Å². The number of piperazine rings is 1. The molecular weight excluding hydrogens is 542 g/mol.